The summed E-state index contributed by atoms with van der Waals surface area (Å²) in [7, 11) is 0. The average Bonchev–Trinajstić information content (AvgIpc) is 2.79. The molecule has 106 valence electrons. The fourth-order valence-corrected chi connectivity index (χ4v) is 3.56. The molecular weight excluding hydrogens is 343 g/mol. The summed E-state index contributed by atoms with van der Waals surface area (Å²) < 4.78 is 14.6. The lowest BCUT2D eigenvalue weighted by atomic mass is 10.2. The highest BCUT2D eigenvalue weighted by molar-refractivity contribution is 9.10. The van der Waals surface area contributed by atoms with E-state index in [1.165, 1.54) is 13.0 Å². The van der Waals surface area contributed by atoms with Crippen LogP contribution in [0.4, 0.5) is 15.8 Å². The fraction of sp³-hybridized carbons (Fsp3) is 0.214. The van der Waals surface area contributed by atoms with Gasteiger partial charge in [0.2, 0.25) is 5.91 Å². The molecule has 1 atom stereocenters. The zero-order valence-electron chi connectivity index (χ0n) is 11.0. The molecule has 3 nitrogen and oxygen atoms in total. The Hall–Kier alpha value is -1.40. The van der Waals surface area contributed by atoms with Gasteiger partial charge in [0.25, 0.3) is 0 Å². The fourth-order valence-electron chi connectivity index (χ4n) is 1.83. The molecule has 0 aliphatic rings. The summed E-state index contributed by atoms with van der Waals surface area (Å²) in [6.45, 7) is 3.38. The zero-order valence-corrected chi connectivity index (χ0v) is 13.4. The zero-order chi connectivity index (χ0) is 14.7. The van der Waals surface area contributed by atoms with E-state index in [0.29, 0.717) is 0 Å². The maximum atomic E-state index is 13.6. The van der Waals surface area contributed by atoms with Crippen LogP contribution in [0.2, 0.25) is 0 Å². The molecule has 2 N–H and O–H groups in total. The topological polar surface area (TPSA) is 41.1 Å². The molecule has 0 spiro atoms. The molecule has 0 saturated heterocycles. The van der Waals surface area contributed by atoms with Gasteiger partial charge in [-0.1, -0.05) is 0 Å². The molecule has 1 aromatic carbocycles. The highest BCUT2D eigenvalue weighted by Crippen LogP contribution is 2.31. The molecule has 0 bridgehead atoms. The average molecular weight is 357 g/mol. The van der Waals surface area contributed by atoms with Gasteiger partial charge in [0, 0.05) is 22.0 Å². The first-order valence-corrected chi connectivity index (χ1v) is 7.71. The van der Waals surface area contributed by atoms with E-state index in [4.69, 9.17) is 0 Å². The third kappa shape index (κ3) is 3.58. The molecule has 1 heterocycles. The largest absolute Gasteiger partial charge is 0.378 e. The second-order valence-corrected chi connectivity index (χ2v) is 6.18. The van der Waals surface area contributed by atoms with Gasteiger partial charge in [-0.05, 0) is 52.5 Å². The van der Waals surface area contributed by atoms with Crippen LogP contribution >= 0.6 is 27.3 Å². The normalized spacial score (nSPS) is 12.0. The predicted octanol–water partition coefficient (Wildman–Crippen LogP) is 4.78. The SMILES string of the molecule is CC(=O)Nc1cc(NC(C)c2sccc2Br)ccc1F. The molecule has 0 fully saturated rings. The number of hydrogen-bond acceptors (Lipinski definition) is 3. The van der Waals surface area contributed by atoms with Crippen LogP contribution in [0.3, 0.4) is 0 Å². The molecule has 2 rings (SSSR count). The van der Waals surface area contributed by atoms with E-state index in [1.54, 1.807) is 23.5 Å². The summed E-state index contributed by atoms with van der Waals surface area (Å²) in [4.78, 5) is 12.2. The number of rotatable bonds is 4. The highest BCUT2D eigenvalue weighted by Gasteiger charge is 2.12. The van der Waals surface area contributed by atoms with Crippen molar-refractivity contribution in [3.63, 3.8) is 0 Å². The van der Waals surface area contributed by atoms with Gasteiger partial charge in [-0.2, -0.15) is 0 Å². The molecule has 6 heteroatoms. The highest BCUT2D eigenvalue weighted by atomic mass is 79.9. The van der Waals surface area contributed by atoms with Gasteiger partial charge < -0.3 is 10.6 Å². The Morgan fingerprint density at radius 1 is 1.40 bits per heavy atom. The van der Waals surface area contributed by atoms with Gasteiger partial charge in [-0.25, -0.2) is 4.39 Å². The third-order valence-electron chi connectivity index (χ3n) is 2.70. The third-order valence-corrected chi connectivity index (χ3v) is 4.75. The molecule has 2 aromatic rings. The van der Waals surface area contributed by atoms with Crippen molar-refractivity contribution in [1.29, 1.82) is 0 Å². The molecule has 1 unspecified atom stereocenters. The Balaban J connectivity index is 2.17. The van der Waals surface area contributed by atoms with Crippen molar-refractivity contribution in [1.82, 2.24) is 0 Å². The first-order valence-electron chi connectivity index (χ1n) is 6.04. The van der Waals surface area contributed by atoms with Gasteiger partial charge in [-0.3, -0.25) is 4.79 Å². The second-order valence-electron chi connectivity index (χ2n) is 4.37. The van der Waals surface area contributed by atoms with Gasteiger partial charge in [0.15, 0.2) is 0 Å². The van der Waals surface area contributed by atoms with Crippen LogP contribution in [0.15, 0.2) is 34.1 Å². The van der Waals surface area contributed by atoms with Crippen LogP contribution in [0.1, 0.15) is 24.8 Å². The van der Waals surface area contributed by atoms with Gasteiger partial charge in [-0.15, -0.1) is 11.3 Å². The van der Waals surface area contributed by atoms with Crippen LogP contribution in [0.5, 0.6) is 0 Å². The van der Waals surface area contributed by atoms with Crippen LogP contribution < -0.4 is 10.6 Å². The number of nitrogens with one attached hydrogen (secondary N) is 2. The Labute approximate surface area is 129 Å². The minimum absolute atomic E-state index is 0.0833. The molecule has 1 aromatic heterocycles. The lowest BCUT2D eigenvalue weighted by Crippen LogP contribution is -2.09. The summed E-state index contributed by atoms with van der Waals surface area (Å²) in [5, 5.41) is 7.77. The van der Waals surface area contributed by atoms with E-state index < -0.39 is 5.82 Å². The number of benzene rings is 1. The van der Waals surface area contributed by atoms with Crippen molar-refractivity contribution < 1.29 is 9.18 Å². The van der Waals surface area contributed by atoms with Crippen molar-refractivity contribution in [2.45, 2.75) is 19.9 Å². The number of carbonyl (C=O) groups is 1. The van der Waals surface area contributed by atoms with Crippen molar-refractivity contribution >= 4 is 44.5 Å². The van der Waals surface area contributed by atoms with Crippen molar-refractivity contribution in [2.24, 2.45) is 0 Å². The van der Waals surface area contributed by atoms with Gasteiger partial charge in [0.1, 0.15) is 5.82 Å². The number of carbonyl (C=O) groups excluding carboxylic acids is 1. The Bertz CT molecular complexity index is 629. The minimum Gasteiger partial charge on any atom is -0.378 e. The van der Waals surface area contributed by atoms with Gasteiger partial charge in [0.05, 0.1) is 11.7 Å². The Morgan fingerprint density at radius 3 is 2.75 bits per heavy atom. The summed E-state index contributed by atoms with van der Waals surface area (Å²) in [6.07, 6.45) is 0. The van der Waals surface area contributed by atoms with Crippen molar-refractivity contribution in [2.75, 3.05) is 10.6 Å². The van der Waals surface area contributed by atoms with E-state index in [0.717, 1.165) is 15.0 Å². The van der Waals surface area contributed by atoms with Gasteiger partial charge >= 0.3 is 0 Å². The summed E-state index contributed by atoms with van der Waals surface area (Å²) in [5.74, 6) is -0.745. The van der Waals surface area contributed by atoms with E-state index in [-0.39, 0.29) is 17.6 Å². The lowest BCUT2D eigenvalue weighted by molar-refractivity contribution is -0.114. The molecule has 0 aliphatic carbocycles. The maximum Gasteiger partial charge on any atom is 0.221 e. The number of amides is 1. The molecule has 0 saturated carbocycles. The van der Waals surface area contributed by atoms with Crippen molar-refractivity contribution in [3.8, 4) is 0 Å². The van der Waals surface area contributed by atoms with E-state index >= 15 is 0 Å². The smallest absolute Gasteiger partial charge is 0.221 e. The molecule has 0 aliphatic heterocycles. The van der Waals surface area contributed by atoms with E-state index in [9.17, 15) is 9.18 Å². The minimum atomic E-state index is -0.448. The maximum absolute atomic E-state index is 13.6. The second kappa shape index (κ2) is 6.37. The molecular formula is C14H14BrFN2OS. The molecule has 1 amide bonds. The van der Waals surface area contributed by atoms with Crippen LogP contribution in [0, 0.1) is 5.82 Å². The van der Waals surface area contributed by atoms with Crippen molar-refractivity contribution in [3.05, 3.63) is 44.8 Å². The summed E-state index contributed by atoms with van der Waals surface area (Å²) >= 11 is 5.13. The lowest BCUT2D eigenvalue weighted by Gasteiger charge is -2.15. The first-order chi connectivity index (χ1) is 9.47. The number of hydrogen-bond donors (Lipinski definition) is 2. The monoisotopic (exact) mass is 356 g/mol. The van der Waals surface area contributed by atoms with Crippen LogP contribution in [-0.4, -0.2) is 5.91 Å². The Morgan fingerprint density at radius 2 is 2.15 bits per heavy atom. The number of halogens is 2. The number of anilines is 2. The van der Waals surface area contributed by atoms with Crippen LogP contribution in [-0.2, 0) is 4.79 Å². The summed E-state index contributed by atoms with van der Waals surface area (Å²) in [6, 6.07) is 6.66. The van der Waals surface area contributed by atoms with E-state index in [2.05, 4.69) is 26.6 Å². The van der Waals surface area contributed by atoms with E-state index in [1.807, 2.05) is 18.4 Å². The standard InChI is InChI=1S/C14H14BrFN2OS/c1-8(14-11(15)5-6-20-14)17-10-3-4-12(16)13(7-10)18-9(2)19/h3-8,17H,1-2H3,(H,18,19). The quantitative estimate of drug-likeness (QED) is 0.827. The summed E-state index contributed by atoms with van der Waals surface area (Å²) in [5.41, 5.74) is 0.933. The predicted molar refractivity (Wildman–Crippen MR) is 84.8 cm³/mol. The van der Waals surface area contributed by atoms with Crippen LogP contribution in [0.25, 0.3) is 0 Å². The first kappa shape index (κ1) is 15.0. The molecule has 20 heavy (non-hydrogen) atoms. The number of thiophene rings is 1. The Kier molecular flexibility index (Phi) is 4.77. The molecule has 0 radical (unpaired) electrons.